The van der Waals surface area contributed by atoms with Crippen LogP contribution in [0.3, 0.4) is 0 Å². The van der Waals surface area contributed by atoms with Crippen LogP contribution < -0.4 is 10.1 Å². The molecule has 0 radical (unpaired) electrons. The fourth-order valence-corrected chi connectivity index (χ4v) is 4.12. The SMILES string of the molecule is O=S1(=O)CCCC1CNCc1cccc(OC(F)(F)F)c1. The number of benzene rings is 1. The van der Waals surface area contributed by atoms with Crippen LogP contribution in [0.15, 0.2) is 24.3 Å². The van der Waals surface area contributed by atoms with Crippen molar-refractivity contribution in [3.63, 3.8) is 0 Å². The number of nitrogens with one attached hydrogen (secondary N) is 1. The Morgan fingerprint density at radius 1 is 1.33 bits per heavy atom. The average Bonchev–Trinajstić information content (AvgIpc) is 2.67. The molecular formula is C13H16F3NO3S. The van der Waals surface area contributed by atoms with Gasteiger partial charge in [0.1, 0.15) is 5.75 Å². The van der Waals surface area contributed by atoms with Gasteiger partial charge >= 0.3 is 6.36 Å². The van der Waals surface area contributed by atoms with Crippen molar-refractivity contribution in [1.29, 1.82) is 0 Å². The summed E-state index contributed by atoms with van der Waals surface area (Å²) in [5.74, 6) is -0.0656. The van der Waals surface area contributed by atoms with Crippen molar-refractivity contribution >= 4 is 9.84 Å². The first-order valence-electron chi connectivity index (χ1n) is 6.53. The Labute approximate surface area is 121 Å². The molecule has 1 aliphatic rings. The maximum atomic E-state index is 12.1. The zero-order valence-electron chi connectivity index (χ0n) is 11.2. The molecule has 0 aromatic heterocycles. The van der Waals surface area contributed by atoms with Gasteiger partial charge in [-0.3, -0.25) is 0 Å². The number of hydrogen-bond donors (Lipinski definition) is 1. The van der Waals surface area contributed by atoms with Crippen LogP contribution in [-0.4, -0.2) is 32.3 Å². The van der Waals surface area contributed by atoms with E-state index in [1.807, 2.05) is 0 Å². The fourth-order valence-electron chi connectivity index (χ4n) is 2.32. The first kappa shape index (κ1) is 16.1. The molecule has 1 heterocycles. The monoisotopic (exact) mass is 323 g/mol. The molecule has 0 bridgehead atoms. The smallest absolute Gasteiger partial charge is 0.406 e. The minimum absolute atomic E-state index is 0.217. The lowest BCUT2D eigenvalue weighted by Crippen LogP contribution is -2.30. The van der Waals surface area contributed by atoms with Crippen LogP contribution in [-0.2, 0) is 16.4 Å². The highest BCUT2D eigenvalue weighted by molar-refractivity contribution is 7.92. The topological polar surface area (TPSA) is 55.4 Å². The zero-order chi connectivity index (χ0) is 15.5. The van der Waals surface area contributed by atoms with Gasteiger partial charge in [0.25, 0.3) is 0 Å². The minimum Gasteiger partial charge on any atom is -0.406 e. The maximum Gasteiger partial charge on any atom is 0.573 e. The van der Waals surface area contributed by atoms with Crippen molar-refractivity contribution in [2.75, 3.05) is 12.3 Å². The molecule has 21 heavy (non-hydrogen) atoms. The number of rotatable bonds is 5. The van der Waals surface area contributed by atoms with Gasteiger partial charge in [0.05, 0.1) is 11.0 Å². The van der Waals surface area contributed by atoms with Crippen LogP contribution >= 0.6 is 0 Å². The molecule has 4 nitrogen and oxygen atoms in total. The molecule has 0 amide bonds. The molecule has 1 aliphatic heterocycles. The summed E-state index contributed by atoms with van der Waals surface area (Å²) in [7, 11) is -3.01. The zero-order valence-corrected chi connectivity index (χ0v) is 12.0. The lowest BCUT2D eigenvalue weighted by Gasteiger charge is -2.12. The van der Waals surface area contributed by atoms with E-state index >= 15 is 0 Å². The van der Waals surface area contributed by atoms with Crippen LogP contribution in [0, 0.1) is 0 Å². The molecule has 8 heteroatoms. The first-order valence-corrected chi connectivity index (χ1v) is 8.25. The van der Waals surface area contributed by atoms with E-state index in [2.05, 4.69) is 10.1 Å². The molecule has 1 aromatic carbocycles. The van der Waals surface area contributed by atoms with E-state index in [1.54, 1.807) is 6.07 Å². The minimum atomic E-state index is -4.72. The molecule has 1 saturated heterocycles. The van der Waals surface area contributed by atoms with Gasteiger partial charge in [0, 0.05) is 13.1 Å². The highest BCUT2D eigenvalue weighted by Crippen LogP contribution is 2.23. The average molecular weight is 323 g/mol. The largest absolute Gasteiger partial charge is 0.573 e. The van der Waals surface area contributed by atoms with Crippen molar-refractivity contribution < 1.29 is 26.3 Å². The summed E-state index contributed by atoms with van der Waals surface area (Å²) in [6, 6.07) is 5.62. The van der Waals surface area contributed by atoms with Gasteiger partial charge in [-0.15, -0.1) is 13.2 Å². The molecule has 118 valence electrons. The summed E-state index contributed by atoms with van der Waals surface area (Å²) in [5.41, 5.74) is 0.604. The van der Waals surface area contributed by atoms with E-state index in [4.69, 9.17) is 0 Å². The summed E-state index contributed by atoms with van der Waals surface area (Å²) in [5, 5.41) is 2.58. The van der Waals surface area contributed by atoms with Crippen molar-refractivity contribution in [1.82, 2.24) is 5.32 Å². The van der Waals surface area contributed by atoms with Crippen molar-refractivity contribution in [2.24, 2.45) is 0 Å². The third-order valence-corrected chi connectivity index (χ3v) is 5.57. The van der Waals surface area contributed by atoms with Gasteiger partial charge in [-0.2, -0.15) is 0 Å². The molecule has 1 fully saturated rings. The van der Waals surface area contributed by atoms with E-state index in [0.717, 1.165) is 0 Å². The molecule has 1 atom stereocenters. The summed E-state index contributed by atoms with van der Waals surface area (Å²) in [6.07, 6.45) is -3.42. The normalized spacial score (nSPS) is 21.4. The summed E-state index contributed by atoms with van der Waals surface area (Å²) in [6.45, 7) is 0.605. The van der Waals surface area contributed by atoms with Gasteiger partial charge in [0.2, 0.25) is 0 Å². The molecular weight excluding hydrogens is 307 g/mol. The lowest BCUT2D eigenvalue weighted by atomic mass is 10.2. The molecule has 1 aromatic rings. The Morgan fingerprint density at radius 3 is 2.71 bits per heavy atom. The number of hydrogen-bond acceptors (Lipinski definition) is 4. The van der Waals surface area contributed by atoms with Crippen molar-refractivity contribution in [3.8, 4) is 5.75 Å². The van der Waals surface area contributed by atoms with Crippen LogP contribution in [0.5, 0.6) is 5.75 Å². The lowest BCUT2D eigenvalue weighted by molar-refractivity contribution is -0.274. The Kier molecular flexibility index (Phi) is 4.77. The standard InChI is InChI=1S/C13H16F3NO3S/c14-13(15,16)20-11-4-1-3-10(7-11)8-17-9-12-5-2-6-21(12,18)19/h1,3-4,7,12,17H,2,5-6,8-9H2. The van der Waals surface area contributed by atoms with Gasteiger partial charge < -0.3 is 10.1 Å². The second-order valence-electron chi connectivity index (χ2n) is 4.96. The van der Waals surface area contributed by atoms with E-state index in [9.17, 15) is 21.6 Å². The molecule has 0 spiro atoms. The predicted molar refractivity (Wildman–Crippen MR) is 71.6 cm³/mol. The summed E-state index contributed by atoms with van der Waals surface area (Å²) >= 11 is 0. The van der Waals surface area contributed by atoms with E-state index in [1.165, 1.54) is 18.2 Å². The highest BCUT2D eigenvalue weighted by Gasteiger charge is 2.31. The van der Waals surface area contributed by atoms with Gasteiger partial charge in [-0.05, 0) is 30.5 Å². The Bertz CT molecular complexity index is 587. The number of ether oxygens (including phenoxy) is 1. The molecule has 1 N–H and O–H groups in total. The van der Waals surface area contributed by atoms with E-state index < -0.39 is 21.4 Å². The van der Waals surface area contributed by atoms with Gasteiger partial charge in [-0.1, -0.05) is 12.1 Å². The maximum absolute atomic E-state index is 12.1. The number of halogens is 3. The third-order valence-electron chi connectivity index (χ3n) is 3.30. The quantitative estimate of drug-likeness (QED) is 0.903. The van der Waals surface area contributed by atoms with Crippen LogP contribution in [0.4, 0.5) is 13.2 Å². The second kappa shape index (κ2) is 6.23. The van der Waals surface area contributed by atoms with Crippen LogP contribution in [0.25, 0.3) is 0 Å². The van der Waals surface area contributed by atoms with Crippen molar-refractivity contribution in [2.45, 2.75) is 31.0 Å². The second-order valence-corrected chi connectivity index (χ2v) is 7.36. The summed E-state index contributed by atoms with van der Waals surface area (Å²) in [4.78, 5) is 0. The molecule has 0 saturated carbocycles. The molecule has 0 aliphatic carbocycles. The van der Waals surface area contributed by atoms with E-state index in [-0.39, 0.29) is 11.5 Å². The Balaban J connectivity index is 1.87. The number of sulfone groups is 1. The fraction of sp³-hybridized carbons (Fsp3) is 0.538. The van der Waals surface area contributed by atoms with Gasteiger partial charge in [-0.25, -0.2) is 8.42 Å². The highest BCUT2D eigenvalue weighted by atomic mass is 32.2. The van der Waals surface area contributed by atoms with Gasteiger partial charge in [0.15, 0.2) is 9.84 Å². The molecule has 2 rings (SSSR count). The number of alkyl halides is 3. The van der Waals surface area contributed by atoms with Crippen molar-refractivity contribution in [3.05, 3.63) is 29.8 Å². The first-order chi connectivity index (χ1) is 9.76. The van der Waals surface area contributed by atoms with E-state index in [0.29, 0.717) is 31.5 Å². The van der Waals surface area contributed by atoms with Crippen LogP contribution in [0.2, 0.25) is 0 Å². The predicted octanol–water partition coefficient (Wildman–Crippen LogP) is 2.25. The van der Waals surface area contributed by atoms with Crippen LogP contribution in [0.1, 0.15) is 18.4 Å². The summed E-state index contributed by atoms with van der Waals surface area (Å²) < 4.78 is 63.4. The Morgan fingerprint density at radius 2 is 2.10 bits per heavy atom. The Hall–Kier alpha value is -1.28. The molecule has 1 unspecified atom stereocenters. The third kappa shape index (κ3) is 4.89.